The van der Waals surface area contributed by atoms with Crippen LogP contribution in [0.25, 0.3) is 10.9 Å². The van der Waals surface area contributed by atoms with Crippen molar-refractivity contribution in [3.05, 3.63) is 75.8 Å². The molecule has 3 rings (SSSR count). The van der Waals surface area contributed by atoms with Gasteiger partial charge in [-0.1, -0.05) is 24.3 Å². The SMILES string of the molecule is NC(=O)c1cccc(CNC(=O)CCCc2nc3ccccc3c(=O)[nH]2)c1. The van der Waals surface area contributed by atoms with E-state index >= 15 is 0 Å². The number of nitrogens with two attached hydrogens (primary N) is 1. The second-order valence-corrected chi connectivity index (χ2v) is 6.22. The molecule has 0 radical (unpaired) electrons. The standard InChI is InChI=1S/C20H20N4O3/c21-19(26)14-6-3-5-13(11-14)12-22-18(25)10-4-9-17-23-16-8-2-1-7-15(16)20(27)24-17/h1-3,5-8,11H,4,9-10,12H2,(H2,21,26)(H,22,25)(H,23,24,27). The lowest BCUT2D eigenvalue weighted by atomic mass is 10.1. The van der Waals surface area contributed by atoms with Crippen LogP contribution in [0.1, 0.15) is 34.6 Å². The molecule has 0 unspecified atom stereocenters. The quantitative estimate of drug-likeness (QED) is 0.591. The van der Waals surface area contributed by atoms with E-state index in [-0.39, 0.29) is 11.5 Å². The van der Waals surface area contributed by atoms with Crippen LogP contribution in [0.5, 0.6) is 0 Å². The first kappa shape index (κ1) is 18.3. The zero-order valence-corrected chi connectivity index (χ0v) is 14.7. The number of fused-ring (bicyclic) bond motifs is 1. The summed E-state index contributed by atoms with van der Waals surface area (Å²) in [7, 11) is 0. The van der Waals surface area contributed by atoms with Gasteiger partial charge in [-0.15, -0.1) is 0 Å². The summed E-state index contributed by atoms with van der Waals surface area (Å²) in [4.78, 5) is 42.4. The zero-order chi connectivity index (χ0) is 19.2. The second-order valence-electron chi connectivity index (χ2n) is 6.22. The van der Waals surface area contributed by atoms with Crippen LogP contribution in [0.4, 0.5) is 0 Å². The Morgan fingerprint density at radius 2 is 1.93 bits per heavy atom. The number of primary amides is 1. The maximum atomic E-state index is 12.0. The van der Waals surface area contributed by atoms with Gasteiger partial charge < -0.3 is 16.0 Å². The van der Waals surface area contributed by atoms with E-state index in [1.54, 1.807) is 36.4 Å². The Labute approximate surface area is 155 Å². The lowest BCUT2D eigenvalue weighted by Crippen LogP contribution is -2.23. The lowest BCUT2D eigenvalue weighted by Gasteiger charge is -2.07. The van der Waals surface area contributed by atoms with Crippen LogP contribution in [-0.2, 0) is 17.8 Å². The molecule has 0 saturated carbocycles. The van der Waals surface area contributed by atoms with Gasteiger partial charge in [0.15, 0.2) is 0 Å². The minimum Gasteiger partial charge on any atom is -0.366 e. The third kappa shape index (κ3) is 4.78. The average molecular weight is 364 g/mol. The monoisotopic (exact) mass is 364 g/mol. The number of nitrogens with zero attached hydrogens (tertiary/aromatic N) is 1. The highest BCUT2D eigenvalue weighted by Crippen LogP contribution is 2.08. The van der Waals surface area contributed by atoms with Crippen molar-refractivity contribution in [2.45, 2.75) is 25.8 Å². The summed E-state index contributed by atoms with van der Waals surface area (Å²) in [5, 5.41) is 3.36. The summed E-state index contributed by atoms with van der Waals surface area (Å²) >= 11 is 0. The molecule has 0 spiro atoms. The van der Waals surface area contributed by atoms with Crippen LogP contribution in [-0.4, -0.2) is 21.8 Å². The molecule has 7 nitrogen and oxygen atoms in total. The molecule has 0 fully saturated rings. The van der Waals surface area contributed by atoms with Crippen LogP contribution in [0, 0.1) is 0 Å². The molecular weight excluding hydrogens is 344 g/mol. The Balaban J connectivity index is 1.50. The molecule has 1 heterocycles. The second kappa shape index (κ2) is 8.27. The van der Waals surface area contributed by atoms with E-state index in [9.17, 15) is 14.4 Å². The predicted molar refractivity (Wildman–Crippen MR) is 102 cm³/mol. The minimum absolute atomic E-state index is 0.109. The molecule has 1 aromatic heterocycles. The Morgan fingerprint density at radius 1 is 1.11 bits per heavy atom. The molecule has 7 heteroatoms. The molecule has 0 atom stereocenters. The molecule has 2 amide bonds. The third-order valence-corrected chi connectivity index (χ3v) is 4.18. The van der Waals surface area contributed by atoms with E-state index < -0.39 is 5.91 Å². The summed E-state index contributed by atoms with van der Waals surface area (Å²) in [6.45, 7) is 0.324. The van der Waals surface area contributed by atoms with E-state index in [2.05, 4.69) is 15.3 Å². The van der Waals surface area contributed by atoms with Gasteiger partial charge >= 0.3 is 0 Å². The van der Waals surface area contributed by atoms with Crippen molar-refractivity contribution in [3.8, 4) is 0 Å². The average Bonchev–Trinajstić information content (AvgIpc) is 2.67. The Morgan fingerprint density at radius 3 is 2.74 bits per heavy atom. The maximum Gasteiger partial charge on any atom is 0.258 e. The van der Waals surface area contributed by atoms with Crippen molar-refractivity contribution in [1.82, 2.24) is 15.3 Å². The van der Waals surface area contributed by atoms with Crippen LogP contribution >= 0.6 is 0 Å². The minimum atomic E-state index is -0.500. The third-order valence-electron chi connectivity index (χ3n) is 4.18. The first-order valence-electron chi connectivity index (χ1n) is 8.66. The number of rotatable bonds is 7. The molecule has 0 bridgehead atoms. The van der Waals surface area contributed by atoms with Crippen molar-refractivity contribution in [3.63, 3.8) is 0 Å². The molecule has 0 aliphatic heterocycles. The number of aromatic nitrogens is 2. The van der Waals surface area contributed by atoms with E-state index in [4.69, 9.17) is 5.73 Å². The van der Waals surface area contributed by atoms with E-state index in [1.165, 1.54) is 0 Å². The number of nitrogens with one attached hydrogen (secondary N) is 2. The number of hydrogen-bond donors (Lipinski definition) is 3. The number of aromatic amines is 1. The number of carbonyl (C=O) groups excluding carboxylic acids is 2. The van der Waals surface area contributed by atoms with Gasteiger partial charge in [0.1, 0.15) is 5.82 Å². The number of carbonyl (C=O) groups is 2. The number of hydrogen-bond acceptors (Lipinski definition) is 4. The van der Waals surface area contributed by atoms with Crippen LogP contribution in [0.3, 0.4) is 0 Å². The summed E-state index contributed by atoms with van der Waals surface area (Å²) in [6, 6.07) is 14.0. The van der Waals surface area contributed by atoms with Crippen LogP contribution < -0.4 is 16.6 Å². The van der Waals surface area contributed by atoms with E-state index in [1.807, 2.05) is 12.1 Å². The normalized spacial score (nSPS) is 10.7. The maximum absolute atomic E-state index is 12.0. The van der Waals surface area contributed by atoms with E-state index in [0.29, 0.717) is 48.1 Å². The zero-order valence-electron chi connectivity index (χ0n) is 14.7. The number of H-pyrrole nitrogens is 1. The van der Waals surface area contributed by atoms with Gasteiger partial charge in [0.25, 0.3) is 5.56 Å². The van der Waals surface area contributed by atoms with E-state index in [0.717, 1.165) is 5.56 Å². The highest BCUT2D eigenvalue weighted by molar-refractivity contribution is 5.92. The number of benzene rings is 2. The van der Waals surface area contributed by atoms with Crippen molar-refractivity contribution in [2.75, 3.05) is 0 Å². The largest absolute Gasteiger partial charge is 0.366 e. The summed E-state index contributed by atoms with van der Waals surface area (Å²) in [5.41, 5.74) is 6.94. The topological polar surface area (TPSA) is 118 Å². The van der Waals surface area contributed by atoms with Crippen molar-refractivity contribution >= 4 is 22.7 Å². The molecule has 3 aromatic rings. The lowest BCUT2D eigenvalue weighted by molar-refractivity contribution is -0.121. The summed E-state index contributed by atoms with van der Waals surface area (Å²) in [5.74, 6) is -0.0386. The Hall–Kier alpha value is -3.48. The van der Waals surface area contributed by atoms with Gasteiger partial charge in [-0.25, -0.2) is 4.98 Å². The van der Waals surface area contributed by atoms with Gasteiger partial charge in [-0.05, 0) is 36.2 Å². The highest BCUT2D eigenvalue weighted by Gasteiger charge is 2.07. The molecular formula is C20H20N4O3. The van der Waals surface area contributed by atoms with Crippen molar-refractivity contribution in [1.29, 1.82) is 0 Å². The van der Waals surface area contributed by atoms with Crippen LogP contribution in [0.2, 0.25) is 0 Å². The molecule has 27 heavy (non-hydrogen) atoms. The van der Waals surface area contributed by atoms with Crippen molar-refractivity contribution < 1.29 is 9.59 Å². The van der Waals surface area contributed by atoms with Crippen molar-refractivity contribution in [2.24, 2.45) is 5.73 Å². The highest BCUT2D eigenvalue weighted by atomic mass is 16.2. The van der Waals surface area contributed by atoms with Gasteiger partial charge in [0, 0.05) is 24.9 Å². The predicted octanol–water partition coefficient (Wildman–Crippen LogP) is 1.66. The van der Waals surface area contributed by atoms with Gasteiger partial charge in [0.2, 0.25) is 11.8 Å². The fourth-order valence-electron chi connectivity index (χ4n) is 2.79. The van der Waals surface area contributed by atoms with Gasteiger partial charge in [-0.3, -0.25) is 14.4 Å². The Bertz CT molecular complexity index is 1040. The molecule has 0 aliphatic carbocycles. The first-order chi connectivity index (χ1) is 13.0. The van der Waals surface area contributed by atoms with Gasteiger partial charge in [0.05, 0.1) is 10.9 Å². The smallest absolute Gasteiger partial charge is 0.258 e. The summed E-state index contributed by atoms with van der Waals surface area (Å²) in [6.07, 6.45) is 1.38. The fourth-order valence-corrected chi connectivity index (χ4v) is 2.79. The fraction of sp³-hybridized carbons (Fsp3) is 0.200. The number of para-hydroxylation sites is 1. The molecule has 0 aliphatic rings. The Kier molecular flexibility index (Phi) is 5.61. The molecule has 138 valence electrons. The molecule has 0 saturated heterocycles. The van der Waals surface area contributed by atoms with Crippen LogP contribution in [0.15, 0.2) is 53.3 Å². The van der Waals surface area contributed by atoms with Gasteiger partial charge in [-0.2, -0.15) is 0 Å². The molecule has 2 aromatic carbocycles. The first-order valence-corrected chi connectivity index (χ1v) is 8.66. The number of aryl methyl sites for hydroxylation is 1. The summed E-state index contributed by atoms with van der Waals surface area (Å²) < 4.78 is 0. The number of amides is 2. The molecule has 4 N–H and O–H groups in total.